The molecule has 558 valence electrons. The van der Waals surface area contributed by atoms with Gasteiger partial charge in [0.15, 0.2) is 11.6 Å². The zero-order valence-electron chi connectivity index (χ0n) is 62.4. The average Bonchev–Trinajstić information content (AvgIpc) is 1.79. The molecule has 13 atom stereocenters. The Morgan fingerprint density at radius 2 is 1.28 bits per heavy atom. The van der Waals surface area contributed by atoms with Gasteiger partial charge in [0.1, 0.15) is 12.6 Å². The van der Waals surface area contributed by atoms with Crippen LogP contribution >= 0.6 is 0 Å². The van der Waals surface area contributed by atoms with Crippen LogP contribution in [0, 0.1) is 41.4 Å². The maximum atomic E-state index is 14.8. The molecule has 0 spiro atoms. The van der Waals surface area contributed by atoms with E-state index in [1.54, 1.807) is 74.7 Å². The molecule has 9 amide bonds. The Morgan fingerprint density at radius 1 is 0.673 bits per heavy atom. The Labute approximate surface area is 599 Å². The minimum atomic E-state index is -0.782. The van der Waals surface area contributed by atoms with Crippen molar-refractivity contribution < 1.29 is 62.2 Å². The van der Waals surface area contributed by atoms with Crippen molar-refractivity contribution in [3.63, 3.8) is 0 Å². The number of amides is 9. The number of primary amides is 1. The van der Waals surface area contributed by atoms with Crippen LogP contribution < -0.4 is 43.0 Å². The lowest BCUT2D eigenvalue weighted by molar-refractivity contribution is -0.147. The second kappa shape index (κ2) is 41.8. The zero-order valence-corrected chi connectivity index (χ0v) is 62.4. The van der Waals surface area contributed by atoms with E-state index in [4.69, 9.17) is 19.9 Å². The van der Waals surface area contributed by atoms with Crippen molar-refractivity contribution in [2.24, 2.45) is 47.2 Å². The quantitative estimate of drug-likeness (QED) is 0.0193. The zero-order chi connectivity index (χ0) is 74.6. The number of urea groups is 1. The van der Waals surface area contributed by atoms with Gasteiger partial charge in [0.25, 0.3) is 0 Å². The highest BCUT2D eigenvalue weighted by molar-refractivity contribution is 6.18. The summed E-state index contributed by atoms with van der Waals surface area (Å²) in [5, 5.41) is 21.1. The summed E-state index contributed by atoms with van der Waals surface area (Å²) in [6.07, 6.45) is 7.28. The van der Waals surface area contributed by atoms with E-state index in [0.717, 1.165) is 12.0 Å². The number of anilines is 3. The van der Waals surface area contributed by atoms with Gasteiger partial charge in [-0.25, -0.2) is 9.59 Å². The molecular weight excluding hydrogens is 1290 g/mol. The van der Waals surface area contributed by atoms with Crippen LogP contribution in [0.1, 0.15) is 157 Å². The van der Waals surface area contributed by atoms with Gasteiger partial charge in [-0.15, -0.1) is 0 Å². The van der Waals surface area contributed by atoms with Gasteiger partial charge in [-0.2, -0.15) is 0 Å². The SMILES string of the molecule is CC[C@@H](C)[C@H]([C@@H](CC(=O)N1CCC[C@@H]1[C@@H](OC)[C@H](C)C(C)N[C@H](Cc1ccccc1)C(=O)Nc1ccc(NC(=O)OCc2ccc(NC(=O)[C@H](CCCNC(N)=O)[C@@H](NC(=O)CCCCCC3C(=O)C=CC3=O)C(C)C)cc2)cc1)OC)N(C)C(=O)[C@H](NC(=O)[C@@H](C(C)C)N(C)C)[C@@H](C)CC. The number of hydrogen-bond acceptors (Lipinski definition) is 15. The maximum absolute atomic E-state index is 14.8. The number of likely N-dealkylation sites (tertiary alicyclic amines) is 1. The molecule has 3 aromatic rings. The van der Waals surface area contributed by atoms with Crippen molar-refractivity contribution in [3.05, 3.63) is 102 Å². The molecule has 24 nitrogen and oxygen atoms in total. The fraction of sp³-hybridized carbons (Fsp3) is 0.610. The number of hydrogen-bond donors (Lipinski definition) is 8. The van der Waals surface area contributed by atoms with Gasteiger partial charge in [-0.05, 0) is 155 Å². The van der Waals surface area contributed by atoms with Crippen molar-refractivity contribution in [2.75, 3.05) is 64.4 Å². The number of benzene rings is 3. The summed E-state index contributed by atoms with van der Waals surface area (Å²) in [5.74, 6) is -3.59. The molecule has 0 saturated carbocycles. The molecule has 1 heterocycles. The number of unbranched alkanes of at least 4 members (excludes halogenated alkanes) is 2. The normalized spacial score (nSPS) is 17.6. The highest BCUT2D eigenvalue weighted by Crippen LogP contribution is 2.32. The standard InChI is InChI=1S/C77H117N11O13/c1-16-49(7)68(85-74(95)69(48(5)6)86(11)12)75(96)87(13)70(50(8)17-2)64(99-14)45-66(92)88-43-25-30-61(88)71(100-15)51(9)52(10)80-60(44-53-26-20-18-21-27-53)73(94)82-56-36-38-57(39-37-56)83-77(98)101-46-54-32-34-55(35-33-54)81-72(93)59(29-24-42-79-76(78)97)67(47(3)4)84-65(91)31-23-19-22-28-58-62(89)40-41-63(58)90/h18,20-21,26-27,32-41,47-52,58-61,64,67-71,80H,16-17,19,22-25,28-31,42-46H2,1-15H3,(H,81,93)(H,82,94)(H,83,98)(H,84,91)(H,85,95)(H3,78,79,97)/t49-,50+,51+,52?,59+,60+,61+,64+,67-,68+,69+,70+,71-/m0/s1. The molecule has 5 rings (SSSR count). The number of carbonyl (C=O) groups is 10. The van der Waals surface area contributed by atoms with E-state index >= 15 is 0 Å². The van der Waals surface area contributed by atoms with E-state index in [1.165, 1.54) is 12.2 Å². The molecule has 0 radical (unpaired) electrons. The predicted octanol–water partition coefficient (Wildman–Crippen LogP) is 9.42. The van der Waals surface area contributed by atoms with E-state index < -0.39 is 66.4 Å². The van der Waals surface area contributed by atoms with Crippen molar-refractivity contribution in [1.82, 2.24) is 36.0 Å². The number of nitrogens with two attached hydrogens (primary N) is 1. The Kier molecular flexibility index (Phi) is 34.6. The van der Waals surface area contributed by atoms with Crippen LogP contribution in [0.4, 0.5) is 26.7 Å². The number of carbonyl (C=O) groups excluding carboxylic acids is 10. The summed E-state index contributed by atoms with van der Waals surface area (Å²) < 4.78 is 18.1. The molecule has 3 aromatic carbocycles. The topological polar surface area (TPSA) is 318 Å². The van der Waals surface area contributed by atoms with E-state index in [1.807, 2.05) is 103 Å². The molecule has 0 aromatic heterocycles. The van der Waals surface area contributed by atoms with Gasteiger partial charge in [-0.1, -0.05) is 130 Å². The second-order valence-electron chi connectivity index (χ2n) is 28.5. The van der Waals surface area contributed by atoms with Crippen LogP contribution in [-0.2, 0) is 65.6 Å². The highest BCUT2D eigenvalue weighted by Gasteiger charge is 2.44. The summed E-state index contributed by atoms with van der Waals surface area (Å²) in [6.45, 7) is 20.6. The van der Waals surface area contributed by atoms with Crippen LogP contribution in [-0.4, -0.2) is 177 Å². The first-order valence-corrected chi connectivity index (χ1v) is 36.2. The van der Waals surface area contributed by atoms with E-state index in [2.05, 4.69) is 58.0 Å². The van der Waals surface area contributed by atoms with Crippen LogP contribution in [0.2, 0.25) is 0 Å². The predicted molar refractivity (Wildman–Crippen MR) is 393 cm³/mol. The molecule has 1 fully saturated rings. The third-order valence-electron chi connectivity index (χ3n) is 20.2. The van der Waals surface area contributed by atoms with Gasteiger partial charge in [0.05, 0.1) is 54.6 Å². The first kappa shape index (κ1) is 83.6. The van der Waals surface area contributed by atoms with Crippen molar-refractivity contribution in [1.29, 1.82) is 0 Å². The Hall–Kier alpha value is -8.06. The first-order chi connectivity index (χ1) is 48.0. The summed E-state index contributed by atoms with van der Waals surface area (Å²) in [7, 11) is 8.71. The van der Waals surface area contributed by atoms with Gasteiger partial charge in [-0.3, -0.25) is 48.6 Å². The Morgan fingerprint density at radius 3 is 1.84 bits per heavy atom. The molecule has 1 unspecified atom stereocenters. The van der Waals surface area contributed by atoms with Gasteiger partial charge in [0, 0.05) is 69.9 Å². The Balaban J connectivity index is 1.18. The lowest BCUT2D eigenvalue weighted by atomic mass is 9.85. The minimum absolute atomic E-state index is 0.0141. The smallest absolute Gasteiger partial charge is 0.411 e. The largest absolute Gasteiger partial charge is 0.444 e. The van der Waals surface area contributed by atoms with Crippen molar-refractivity contribution in [3.8, 4) is 0 Å². The molecule has 1 aliphatic carbocycles. The van der Waals surface area contributed by atoms with Crippen LogP contribution in [0.25, 0.3) is 0 Å². The highest BCUT2D eigenvalue weighted by atomic mass is 16.5. The molecule has 2 aliphatic rings. The fourth-order valence-electron chi connectivity index (χ4n) is 14.0. The third kappa shape index (κ3) is 25.5. The maximum Gasteiger partial charge on any atom is 0.411 e. The average molecular weight is 1400 g/mol. The monoisotopic (exact) mass is 1400 g/mol. The van der Waals surface area contributed by atoms with E-state index in [-0.39, 0.29) is 115 Å². The van der Waals surface area contributed by atoms with Crippen molar-refractivity contribution in [2.45, 2.75) is 214 Å². The van der Waals surface area contributed by atoms with Crippen LogP contribution in [0.15, 0.2) is 91.0 Å². The number of nitrogens with zero attached hydrogens (tertiary/aromatic N) is 3. The molecule has 0 bridgehead atoms. The molecular formula is C77H117N11O13. The number of nitrogens with one attached hydrogen (secondary N) is 7. The first-order valence-electron chi connectivity index (χ1n) is 36.2. The van der Waals surface area contributed by atoms with E-state index in [0.29, 0.717) is 93.4 Å². The molecule has 1 aliphatic heterocycles. The van der Waals surface area contributed by atoms with E-state index in [9.17, 15) is 47.9 Å². The molecule has 9 N–H and O–H groups in total. The van der Waals surface area contributed by atoms with Gasteiger partial charge < -0.3 is 61.6 Å². The summed E-state index contributed by atoms with van der Waals surface area (Å²) in [5.41, 5.74) is 8.26. The number of ketones is 2. The van der Waals surface area contributed by atoms with Crippen LogP contribution in [0.5, 0.6) is 0 Å². The fourth-order valence-corrected chi connectivity index (χ4v) is 14.0. The molecule has 24 heteroatoms. The third-order valence-corrected chi connectivity index (χ3v) is 20.2. The molecule has 101 heavy (non-hydrogen) atoms. The van der Waals surface area contributed by atoms with Gasteiger partial charge in [0.2, 0.25) is 35.4 Å². The minimum Gasteiger partial charge on any atom is -0.444 e. The summed E-state index contributed by atoms with van der Waals surface area (Å²) >= 11 is 0. The second-order valence-corrected chi connectivity index (χ2v) is 28.5. The van der Waals surface area contributed by atoms with Gasteiger partial charge >= 0.3 is 12.1 Å². The number of allylic oxidation sites excluding steroid dienone is 2. The summed E-state index contributed by atoms with van der Waals surface area (Å²) in [4.78, 5) is 139. The van der Waals surface area contributed by atoms with Crippen molar-refractivity contribution >= 4 is 76.2 Å². The Bertz CT molecular complexity index is 3180. The lowest BCUT2D eigenvalue weighted by Gasteiger charge is -2.41. The number of rotatable bonds is 42. The van der Waals surface area contributed by atoms with Crippen LogP contribution in [0.3, 0.4) is 0 Å². The summed E-state index contributed by atoms with van der Waals surface area (Å²) in [6, 6.07) is 19.0. The molecule has 1 saturated heterocycles. The lowest BCUT2D eigenvalue weighted by Crippen LogP contribution is -2.60. The number of likely N-dealkylation sites (N-methyl/N-ethyl adjacent to an activating group) is 2. The number of methoxy groups -OCH3 is 2. The number of ether oxygens (including phenoxy) is 3.